The van der Waals surface area contributed by atoms with Crippen LogP contribution in [-0.2, 0) is 18.5 Å². The molecular weight excluding hydrogens is 522 g/mol. The summed E-state index contributed by atoms with van der Waals surface area (Å²) in [6, 6.07) is 6.98. The van der Waals surface area contributed by atoms with Crippen molar-refractivity contribution in [2.45, 2.75) is 60.0 Å². The number of likely N-dealkylation sites (N-methyl/N-ethyl adjacent to an activating group) is 1. The number of benzene rings is 1. The molecule has 3 aromatic rings. The summed E-state index contributed by atoms with van der Waals surface area (Å²) in [4.78, 5) is 21.8. The second-order valence-corrected chi connectivity index (χ2v) is 11.1. The van der Waals surface area contributed by atoms with Crippen molar-refractivity contribution in [2.24, 2.45) is 9.98 Å². The lowest BCUT2D eigenvalue weighted by Crippen LogP contribution is -2.36. The largest absolute Gasteiger partial charge is 0.351 e. The van der Waals surface area contributed by atoms with Crippen LogP contribution in [0.2, 0.25) is 0 Å². The van der Waals surface area contributed by atoms with Crippen LogP contribution in [-0.4, -0.2) is 77.2 Å². The number of aliphatic imine (C=N–C) groups is 2. The third-order valence-electron chi connectivity index (χ3n) is 6.74. The van der Waals surface area contributed by atoms with Gasteiger partial charge in [-0.25, -0.2) is 18.7 Å². The first-order valence-corrected chi connectivity index (χ1v) is 14.1. The van der Waals surface area contributed by atoms with Crippen LogP contribution in [0.15, 0.2) is 46.3 Å². The van der Waals surface area contributed by atoms with Crippen LogP contribution in [0.3, 0.4) is 0 Å². The first-order chi connectivity index (χ1) is 19.5. The Kier molecular flexibility index (Phi) is 10.9. The molecule has 0 atom stereocenters. The molecule has 8 nitrogen and oxygen atoms in total. The van der Waals surface area contributed by atoms with Gasteiger partial charge in [-0.05, 0) is 72.3 Å². The minimum Gasteiger partial charge on any atom is -0.351 e. The van der Waals surface area contributed by atoms with E-state index < -0.39 is 11.6 Å². The Morgan fingerprint density at radius 2 is 1.93 bits per heavy atom. The zero-order valence-electron chi connectivity index (χ0n) is 25.7. The van der Waals surface area contributed by atoms with Crippen molar-refractivity contribution in [1.29, 1.82) is 0 Å². The summed E-state index contributed by atoms with van der Waals surface area (Å²) in [6.07, 6.45) is 1.85. The Morgan fingerprint density at radius 1 is 1.20 bits per heavy atom. The number of anilines is 1. The number of allylic oxidation sites excluding steroid dienone is 1. The van der Waals surface area contributed by atoms with E-state index in [1.165, 1.54) is 11.6 Å². The number of nitrogens with zero attached hydrogens (tertiary/aromatic N) is 7. The van der Waals surface area contributed by atoms with Crippen LogP contribution < -0.4 is 5.32 Å². The molecule has 2 aromatic heterocycles. The molecule has 1 aliphatic rings. The van der Waals surface area contributed by atoms with Crippen LogP contribution in [0.25, 0.3) is 11.0 Å². The molecule has 0 aliphatic carbocycles. The highest BCUT2D eigenvalue weighted by Crippen LogP contribution is 2.29. The highest BCUT2D eigenvalue weighted by atomic mass is 19.1. The summed E-state index contributed by atoms with van der Waals surface area (Å²) in [5, 5.41) is 3.16. The molecule has 0 amide bonds. The number of fused-ring (bicyclic) bond motifs is 2. The Morgan fingerprint density at radius 3 is 2.59 bits per heavy atom. The molecule has 3 heterocycles. The topological polar surface area (TPSA) is 73.9 Å². The summed E-state index contributed by atoms with van der Waals surface area (Å²) >= 11 is 0. The molecule has 10 heteroatoms. The molecule has 1 aromatic carbocycles. The first kappa shape index (κ1) is 32.0. The molecule has 1 N–H and O–H groups in total. The zero-order valence-corrected chi connectivity index (χ0v) is 25.7. The van der Waals surface area contributed by atoms with Gasteiger partial charge in [0.2, 0.25) is 0 Å². The van der Waals surface area contributed by atoms with Gasteiger partial charge in [0.1, 0.15) is 29.5 Å². The monoisotopic (exact) mass is 566 g/mol. The van der Waals surface area contributed by atoms with Crippen molar-refractivity contribution in [3.63, 3.8) is 0 Å². The SMILES string of the molecule is C=N/C=C(F)\C(=N/CNc1ccc2c(n1)CCN(CCN(C)C)C2)c1cc(F)c2nc(C)n(C(C)(C)C)c2c1.CC. The predicted molar refractivity (Wildman–Crippen MR) is 166 cm³/mol. The van der Waals surface area contributed by atoms with Crippen molar-refractivity contribution in [1.82, 2.24) is 24.3 Å². The van der Waals surface area contributed by atoms with Crippen LogP contribution >= 0.6 is 0 Å². The fourth-order valence-corrected chi connectivity index (χ4v) is 4.99. The van der Waals surface area contributed by atoms with Gasteiger partial charge in [-0.3, -0.25) is 14.9 Å². The van der Waals surface area contributed by atoms with E-state index in [0.717, 1.165) is 44.5 Å². The van der Waals surface area contributed by atoms with E-state index in [1.54, 1.807) is 6.07 Å². The van der Waals surface area contributed by atoms with Crippen LogP contribution in [0.5, 0.6) is 0 Å². The van der Waals surface area contributed by atoms with Gasteiger partial charge < -0.3 is 14.8 Å². The lowest BCUT2D eigenvalue weighted by Gasteiger charge is -2.29. The predicted octanol–water partition coefficient (Wildman–Crippen LogP) is 5.95. The number of halogens is 2. The number of aryl methyl sites for hydroxylation is 1. The molecule has 0 bridgehead atoms. The van der Waals surface area contributed by atoms with Gasteiger partial charge in [-0.2, -0.15) is 0 Å². The second-order valence-electron chi connectivity index (χ2n) is 11.1. The average molecular weight is 567 g/mol. The van der Waals surface area contributed by atoms with E-state index in [-0.39, 0.29) is 23.4 Å². The minimum absolute atomic E-state index is 0.0236. The Bertz CT molecular complexity index is 1420. The minimum atomic E-state index is -0.708. The van der Waals surface area contributed by atoms with E-state index >= 15 is 8.78 Å². The normalized spacial score (nSPS) is 14.6. The van der Waals surface area contributed by atoms with Crippen molar-refractivity contribution in [2.75, 3.05) is 45.7 Å². The van der Waals surface area contributed by atoms with Gasteiger partial charge in [-0.15, -0.1) is 0 Å². The number of hydrogen-bond donors (Lipinski definition) is 1. The maximum atomic E-state index is 15.2. The second kappa shape index (κ2) is 13.9. The van der Waals surface area contributed by atoms with Crippen molar-refractivity contribution < 1.29 is 8.78 Å². The van der Waals surface area contributed by atoms with Crippen LogP contribution in [0.4, 0.5) is 14.6 Å². The smallest absolute Gasteiger partial charge is 0.167 e. The van der Waals surface area contributed by atoms with Crippen molar-refractivity contribution in [3.8, 4) is 0 Å². The molecule has 0 spiro atoms. The number of imidazole rings is 1. The maximum absolute atomic E-state index is 15.2. The van der Waals surface area contributed by atoms with Crippen LogP contribution in [0.1, 0.15) is 57.3 Å². The standard InChI is InChI=1S/C29H38F2N8.C2H6/c1-19-35-28-22(30)14-21(15-25(28)39(19)29(2,3)4)27(23(31)16-32-5)34-18-33-26-9-8-20-17-38(13-12-37(6)7)11-10-24(20)36-26;1-2/h8-9,14-16H,5,10-13,17-18H2,1-4,6-7H3,(H,33,36);1-2H3/b23-16+,34-27-;. The molecule has 4 rings (SSSR count). The Hall–Kier alpha value is -3.50. The zero-order chi connectivity index (χ0) is 30.3. The fourth-order valence-electron chi connectivity index (χ4n) is 4.99. The van der Waals surface area contributed by atoms with E-state index in [4.69, 9.17) is 4.98 Å². The highest BCUT2D eigenvalue weighted by Gasteiger charge is 2.23. The van der Waals surface area contributed by atoms with E-state index in [2.05, 4.69) is 57.0 Å². The number of pyridine rings is 1. The molecule has 0 unspecified atom stereocenters. The van der Waals surface area contributed by atoms with Gasteiger partial charge in [-0.1, -0.05) is 19.9 Å². The molecule has 0 saturated heterocycles. The molecule has 0 saturated carbocycles. The molecular formula is C31H44F2N8. The first-order valence-electron chi connectivity index (χ1n) is 14.1. The third kappa shape index (κ3) is 7.83. The molecule has 0 radical (unpaired) electrons. The van der Waals surface area contributed by atoms with E-state index in [0.29, 0.717) is 22.7 Å². The van der Waals surface area contributed by atoms with E-state index in [1.807, 2.05) is 52.2 Å². The summed E-state index contributed by atoms with van der Waals surface area (Å²) in [7, 11) is 4.16. The summed E-state index contributed by atoms with van der Waals surface area (Å²) < 4.78 is 32.2. The maximum Gasteiger partial charge on any atom is 0.167 e. The Balaban J connectivity index is 0.00000226. The summed E-state index contributed by atoms with van der Waals surface area (Å²) in [6.45, 7) is 19.1. The van der Waals surface area contributed by atoms with E-state index in [9.17, 15) is 0 Å². The molecule has 41 heavy (non-hydrogen) atoms. The molecule has 222 valence electrons. The number of rotatable bonds is 9. The van der Waals surface area contributed by atoms with Gasteiger partial charge in [0.15, 0.2) is 11.6 Å². The van der Waals surface area contributed by atoms with Gasteiger partial charge in [0.05, 0.1) is 11.7 Å². The van der Waals surface area contributed by atoms with Gasteiger partial charge in [0.25, 0.3) is 0 Å². The summed E-state index contributed by atoms with van der Waals surface area (Å²) in [5.74, 6) is 0.0922. The van der Waals surface area contributed by atoms with Crippen molar-refractivity contribution in [3.05, 3.63) is 64.8 Å². The lowest BCUT2D eigenvalue weighted by molar-refractivity contribution is 0.224. The quantitative estimate of drug-likeness (QED) is 0.324. The third-order valence-corrected chi connectivity index (χ3v) is 6.74. The van der Waals surface area contributed by atoms with Crippen molar-refractivity contribution >= 4 is 29.3 Å². The van der Waals surface area contributed by atoms with Gasteiger partial charge in [0, 0.05) is 49.4 Å². The summed E-state index contributed by atoms with van der Waals surface area (Å²) in [5.41, 5.74) is 3.02. The average Bonchev–Trinajstić information content (AvgIpc) is 3.28. The molecule has 0 fully saturated rings. The lowest BCUT2D eigenvalue weighted by atomic mass is 10.1. The number of aromatic nitrogens is 3. The number of nitrogens with one attached hydrogen (secondary N) is 1. The van der Waals surface area contributed by atoms with Gasteiger partial charge >= 0.3 is 0 Å². The van der Waals surface area contributed by atoms with Crippen LogP contribution in [0, 0.1) is 12.7 Å². The Labute approximate surface area is 242 Å². The number of hydrogen-bond acceptors (Lipinski definition) is 7. The highest BCUT2D eigenvalue weighted by molar-refractivity contribution is 6.12. The fraction of sp³-hybridized carbons (Fsp3) is 0.484. The molecule has 1 aliphatic heterocycles.